The lowest BCUT2D eigenvalue weighted by Crippen LogP contribution is -2.71. The number of carbonyl (C=O) groups excluding carboxylic acids is 3. The van der Waals surface area contributed by atoms with Gasteiger partial charge in [-0.2, -0.15) is 5.26 Å². The van der Waals surface area contributed by atoms with Gasteiger partial charge < -0.3 is 25.9 Å². The van der Waals surface area contributed by atoms with E-state index in [4.69, 9.17) is 15.8 Å². The number of nitriles is 1. The maximum Gasteiger partial charge on any atom is 0.352 e. The van der Waals surface area contributed by atoms with Crippen LogP contribution in [0.15, 0.2) is 33.5 Å². The van der Waals surface area contributed by atoms with E-state index in [9.17, 15) is 24.3 Å². The molecule has 0 bridgehead atoms. The van der Waals surface area contributed by atoms with Gasteiger partial charge in [-0.3, -0.25) is 19.3 Å². The van der Waals surface area contributed by atoms with Gasteiger partial charge in [0.2, 0.25) is 0 Å². The molecule has 0 spiro atoms. The smallest absolute Gasteiger partial charge is 0.352 e. The predicted molar refractivity (Wildman–Crippen MR) is 141 cm³/mol. The number of aliphatic carboxylic acids is 1. The molecule has 1 aromatic heterocycles. The summed E-state index contributed by atoms with van der Waals surface area (Å²) in [5, 5.41) is 26.7. The first kappa shape index (κ1) is 26.7. The molecule has 0 aromatic carbocycles. The van der Waals surface area contributed by atoms with Crippen LogP contribution in [0.25, 0.3) is 0 Å². The monoisotopic (exact) mass is 571 g/mol. The number of hydrogen-bond acceptors (Lipinski definition) is 11. The van der Waals surface area contributed by atoms with E-state index in [0.29, 0.717) is 24.1 Å². The number of carboxylic acids is 1. The number of oxime groups is 1. The maximum absolute atomic E-state index is 13.2. The SMILES string of the molecule is N#CCN1CCC(=CC2=C(C(=O)O)N3C(=O)[C@@H](NC(=O)C(=NOC4CCCC4)c4csc(N)n4)[C@H]3SC2)C1=O. The molecular formula is C24H25N7O6S2. The van der Waals surface area contributed by atoms with Gasteiger partial charge in [-0.05, 0) is 43.8 Å². The summed E-state index contributed by atoms with van der Waals surface area (Å²) in [6, 6.07) is 0.947. The van der Waals surface area contributed by atoms with Crippen LogP contribution in [-0.4, -0.2) is 85.7 Å². The standard InChI is InChI=1S/C24H25N7O6S2/c25-6-8-30-7-5-12(20(30)33)9-13-10-38-22-17(21(34)31(22)18(13)23(35)36)28-19(32)16(15-11-39-24(26)27-15)29-37-14-3-1-2-4-14/h9,11,14,17,22H,1-5,7-8,10H2,(H2,26,27)(H,28,32)(H,35,36)/t17-,22-/m1/s1. The number of nitrogens with zero attached hydrogens (tertiary/aromatic N) is 5. The molecule has 4 heterocycles. The Morgan fingerprint density at radius 2 is 2.13 bits per heavy atom. The van der Waals surface area contributed by atoms with Crippen LogP contribution < -0.4 is 11.1 Å². The molecule has 39 heavy (non-hydrogen) atoms. The Bertz CT molecular complexity index is 1360. The van der Waals surface area contributed by atoms with Crippen molar-refractivity contribution in [3.63, 3.8) is 0 Å². The normalized spacial score (nSPS) is 24.6. The van der Waals surface area contributed by atoms with Gasteiger partial charge in [0.15, 0.2) is 10.8 Å². The third-order valence-corrected chi connectivity index (χ3v) is 8.86. The lowest BCUT2D eigenvalue weighted by atomic mass is 10.0. The van der Waals surface area contributed by atoms with Crippen LogP contribution >= 0.6 is 23.1 Å². The highest BCUT2D eigenvalue weighted by molar-refractivity contribution is 8.00. The van der Waals surface area contributed by atoms with Crippen LogP contribution in [0.1, 0.15) is 37.8 Å². The highest BCUT2D eigenvalue weighted by atomic mass is 32.2. The number of β-lactam (4-membered cyclic amide) rings is 1. The fourth-order valence-corrected chi connectivity index (χ4v) is 6.79. The van der Waals surface area contributed by atoms with Crippen molar-refractivity contribution in [3.05, 3.63) is 34.0 Å². The minimum Gasteiger partial charge on any atom is -0.477 e. The Morgan fingerprint density at radius 1 is 1.36 bits per heavy atom. The van der Waals surface area contributed by atoms with Gasteiger partial charge in [-0.1, -0.05) is 5.16 Å². The molecule has 2 saturated heterocycles. The van der Waals surface area contributed by atoms with Crippen molar-refractivity contribution in [2.24, 2.45) is 5.16 Å². The van der Waals surface area contributed by atoms with Crippen molar-refractivity contribution in [3.8, 4) is 6.07 Å². The van der Waals surface area contributed by atoms with Gasteiger partial charge in [0, 0.05) is 23.3 Å². The van der Waals surface area contributed by atoms with Crippen molar-refractivity contribution in [2.75, 3.05) is 24.6 Å². The third-order valence-electron chi connectivity index (χ3n) is 6.88. The summed E-state index contributed by atoms with van der Waals surface area (Å²) in [6.07, 6.45) is 5.47. The molecule has 1 aromatic rings. The fourth-order valence-electron chi connectivity index (χ4n) is 4.93. The molecule has 0 unspecified atom stereocenters. The average molecular weight is 572 g/mol. The zero-order chi connectivity index (χ0) is 27.7. The van der Waals surface area contributed by atoms with Crippen molar-refractivity contribution >= 4 is 57.6 Å². The molecule has 2 atom stereocenters. The first-order chi connectivity index (χ1) is 18.8. The minimum absolute atomic E-state index is 0.0473. The summed E-state index contributed by atoms with van der Waals surface area (Å²) >= 11 is 2.42. The summed E-state index contributed by atoms with van der Waals surface area (Å²) < 4.78 is 0. The van der Waals surface area contributed by atoms with Crippen LogP contribution in [0.2, 0.25) is 0 Å². The van der Waals surface area contributed by atoms with Crippen LogP contribution in [0.4, 0.5) is 5.13 Å². The maximum atomic E-state index is 13.2. The number of hydrogen-bond donors (Lipinski definition) is 3. The second kappa shape index (κ2) is 11.1. The van der Waals surface area contributed by atoms with Crippen molar-refractivity contribution < 1.29 is 29.1 Å². The molecule has 13 nitrogen and oxygen atoms in total. The van der Waals surface area contributed by atoms with Gasteiger partial charge in [0.05, 0.1) is 6.07 Å². The third kappa shape index (κ3) is 5.21. The van der Waals surface area contributed by atoms with Crippen molar-refractivity contribution in [1.82, 2.24) is 20.1 Å². The lowest BCUT2D eigenvalue weighted by Gasteiger charge is -2.49. The Balaban J connectivity index is 1.34. The van der Waals surface area contributed by atoms with E-state index < -0.39 is 29.2 Å². The quantitative estimate of drug-likeness (QED) is 0.132. The summed E-state index contributed by atoms with van der Waals surface area (Å²) in [5.41, 5.74) is 6.35. The van der Waals surface area contributed by atoms with E-state index in [1.807, 2.05) is 6.07 Å². The summed E-state index contributed by atoms with van der Waals surface area (Å²) in [7, 11) is 0. The van der Waals surface area contributed by atoms with Gasteiger partial charge in [0.25, 0.3) is 17.7 Å². The number of amides is 3. The first-order valence-electron chi connectivity index (χ1n) is 12.3. The topological polar surface area (TPSA) is 191 Å². The molecule has 1 saturated carbocycles. The number of thiazole rings is 1. The average Bonchev–Trinajstić information content (AvgIpc) is 3.66. The number of aromatic nitrogens is 1. The Hall–Kier alpha value is -3.90. The van der Waals surface area contributed by atoms with E-state index in [1.54, 1.807) is 5.38 Å². The number of nitrogen functional groups attached to an aromatic ring is 1. The van der Waals surface area contributed by atoms with Gasteiger partial charge in [-0.25, -0.2) is 9.78 Å². The van der Waals surface area contributed by atoms with Crippen molar-refractivity contribution in [2.45, 2.75) is 49.6 Å². The van der Waals surface area contributed by atoms with Gasteiger partial charge >= 0.3 is 5.97 Å². The molecule has 204 valence electrons. The van der Waals surface area contributed by atoms with Gasteiger partial charge in [0.1, 0.15) is 35.5 Å². The predicted octanol–water partition coefficient (Wildman–Crippen LogP) is 0.809. The molecular weight excluding hydrogens is 546 g/mol. The highest BCUT2D eigenvalue weighted by Crippen LogP contribution is 2.41. The summed E-state index contributed by atoms with van der Waals surface area (Å²) in [4.78, 5) is 63.3. The van der Waals surface area contributed by atoms with E-state index in [1.165, 1.54) is 22.7 Å². The number of likely N-dealkylation sites (tertiary alicyclic amines) is 1. The number of anilines is 1. The second-order valence-electron chi connectivity index (χ2n) is 9.37. The molecule has 15 heteroatoms. The first-order valence-corrected chi connectivity index (χ1v) is 14.2. The number of carbonyl (C=O) groups is 4. The second-order valence-corrected chi connectivity index (χ2v) is 11.4. The Labute approximate surface area is 231 Å². The van der Waals surface area contributed by atoms with Gasteiger partial charge in [-0.15, -0.1) is 23.1 Å². The molecule has 0 radical (unpaired) electrons. The van der Waals surface area contributed by atoms with E-state index >= 15 is 0 Å². The van der Waals surface area contributed by atoms with E-state index in [2.05, 4.69) is 15.5 Å². The zero-order valence-electron chi connectivity index (χ0n) is 20.7. The number of nitrogens with two attached hydrogens (primary N) is 1. The van der Waals surface area contributed by atoms with Crippen molar-refractivity contribution in [1.29, 1.82) is 5.26 Å². The lowest BCUT2D eigenvalue weighted by molar-refractivity contribution is -0.150. The van der Waals surface area contributed by atoms with Crippen LogP contribution in [0, 0.1) is 11.3 Å². The minimum atomic E-state index is -1.31. The molecule has 3 fully saturated rings. The van der Waals surface area contributed by atoms with E-state index in [-0.39, 0.29) is 46.5 Å². The molecule has 5 rings (SSSR count). The number of nitrogens with one attached hydrogen (secondary N) is 1. The van der Waals surface area contributed by atoms with Crippen LogP contribution in [0.5, 0.6) is 0 Å². The molecule has 1 aliphatic carbocycles. The largest absolute Gasteiger partial charge is 0.477 e. The zero-order valence-corrected chi connectivity index (χ0v) is 22.3. The summed E-state index contributed by atoms with van der Waals surface area (Å²) in [6.45, 7) is 0.327. The highest BCUT2D eigenvalue weighted by Gasteiger charge is 2.54. The van der Waals surface area contributed by atoms with Crippen LogP contribution in [0.3, 0.4) is 0 Å². The number of allylic oxidation sites excluding steroid dienone is 1. The number of thioether (sulfide) groups is 1. The van der Waals surface area contributed by atoms with E-state index in [0.717, 1.165) is 41.9 Å². The molecule has 3 amide bonds. The molecule has 3 aliphatic heterocycles. The molecule has 4 aliphatic rings. The Kier molecular flexibility index (Phi) is 7.58. The summed E-state index contributed by atoms with van der Waals surface area (Å²) in [5.74, 6) is -2.69. The number of fused-ring (bicyclic) bond motifs is 1. The molecule has 4 N–H and O–H groups in total. The Morgan fingerprint density at radius 3 is 2.79 bits per heavy atom. The van der Waals surface area contributed by atoms with Crippen LogP contribution in [-0.2, 0) is 24.0 Å². The fraction of sp³-hybridized carbons (Fsp3) is 0.458. The number of rotatable bonds is 8. The number of carboxylic acid groups (broad SMARTS) is 1.